The first-order valence-corrected chi connectivity index (χ1v) is 10.1. The molecule has 6 N–H and O–H groups in total. The minimum atomic E-state index is -1.44. The van der Waals surface area contributed by atoms with E-state index in [1.54, 1.807) is 0 Å². The second-order valence-electron chi connectivity index (χ2n) is 6.72. The van der Waals surface area contributed by atoms with Gasteiger partial charge in [0.05, 0.1) is 34.6 Å². The monoisotopic (exact) mass is 642 g/mol. The second kappa shape index (κ2) is 17.5. The van der Waals surface area contributed by atoms with Gasteiger partial charge in [0.25, 0.3) is 0 Å². The maximum absolute atomic E-state index is 10.9. The average molecular weight is 641 g/mol. The van der Waals surface area contributed by atoms with Crippen molar-refractivity contribution in [2.75, 3.05) is 0 Å². The minimum Gasteiger partial charge on any atom is -0.545 e. The molecule has 0 unspecified atom stereocenters. The second-order valence-corrected chi connectivity index (χ2v) is 6.72. The zero-order valence-electron chi connectivity index (χ0n) is 19.9. The van der Waals surface area contributed by atoms with Crippen molar-refractivity contribution in [1.29, 1.82) is 0 Å². The number of carbonyl (C=O) groups is 6. The Morgan fingerprint density at radius 1 is 0.425 bits per heavy atom. The van der Waals surface area contributed by atoms with E-state index >= 15 is 0 Å². The Kier molecular flexibility index (Phi) is 15.3. The minimum absolute atomic E-state index is 0. The van der Waals surface area contributed by atoms with E-state index in [9.17, 15) is 44.1 Å². The zero-order valence-corrected chi connectivity index (χ0v) is 21.7. The van der Waals surface area contributed by atoms with Crippen LogP contribution in [0.5, 0.6) is 0 Å². The van der Waals surface area contributed by atoms with Gasteiger partial charge < -0.3 is 44.2 Å². The number of carbonyl (C=O) groups excluding carboxylic acids is 6. The van der Waals surface area contributed by atoms with Crippen LogP contribution in [0.3, 0.4) is 0 Å². The Morgan fingerprint density at radius 3 is 0.750 bits per heavy atom. The van der Waals surface area contributed by atoms with Crippen molar-refractivity contribution in [1.82, 2.24) is 0 Å². The molecule has 0 saturated carbocycles. The molecule has 0 amide bonds. The quantitative estimate of drug-likeness (QED) is 0.182. The van der Waals surface area contributed by atoms with Crippen LogP contribution in [0.2, 0.25) is 0 Å². The number of hydrogen-bond acceptors (Lipinski definition) is 15. The number of carboxylic acid groups (broad SMARTS) is 3. The smallest absolute Gasteiger partial charge is 0.545 e. The molecule has 0 aliphatic heterocycles. The van der Waals surface area contributed by atoms with E-state index in [1.807, 2.05) is 0 Å². The standard InChI is InChI=1S/3C8H7NO4.Ru/c3*9-13-8(12)6-4-2-1-3-5(6)7(10)11;/h3*1-4H,9H2,(H,10,11);/q;;;+3/p-3. The van der Waals surface area contributed by atoms with Crippen LogP contribution in [0.1, 0.15) is 62.1 Å². The molecule has 0 spiro atoms. The van der Waals surface area contributed by atoms with Gasteiger partial charge in [0.1, 0.15) is 0 Å². The molecule has 0 aromatic heterocycles. The first kappa shape index (κ1) is 35.0. The molecule has 0 heterocycles. The Balaban J connectivity index is 0.000000563. The average Bonchev–Trinajstić information content (AvgIpc) is 2.96. The van der Waals surface area contributed by atoms with E-state index in [4.69, 9.17) is 0 Å². The van der Waals surface area contributed by atoms with Crippen molar-refractivity contribution in [3.8, 4) is 0 Å². The number of rotatable bonds is 6. The maximum atomic E-state index is 10.9. The van der Waals surface area contributed by atoms with Crippen molar-refractivity contribution < 1.29 is 78.1 Å². The first-order valence-electron chi connectivity index (χ1n) is 10.1. The Hall–Kier alpha value is -5.02. The molecule has 16 heteroatoms. The SMILES string of the molecule is NOC(=O)c1ccccc1C(=O)[O-].NOC(=O)c1ccccc1C(=O)[O-].NOC(=O)c1ccccc1C(=O)[O-].[Ru+3]. The van der Waals surface area contributed by atoms with Crippen molar-refractivity contribution in [3.63, 3.8) is 0 Å². The van der Waals surface area contributed by atoms with E-state index in [0.717, 1.165) is 0 Å². The molecule has 3 aromatic rings. The molecule has 0 fully saturated rings. The third kappa shape index (κ3) is 10.0. The van der Waals surface area contributed by atoms with Crippen LogP contribution in [-0.2, 0) is 34.0 Å². The summed E-state index contributed by atoms with van der Waals surface area (Å²) in [6.45, 7) is 0. The molecule has 1 radical (unpaired) electrons. The van der Waals surface area contributed by atoms with Crippen LogP contribution in [0, 0.1) is 0 Å². The molecule has 3 rings (SSSR count). The molecule has 0 atom stereocenters. The van der Waals surface area contributed by atoms with Crippen LogP contribution in [0.4, 0.5) is 0 Å². The number of carboxylic acids is 3. The van der Waals surface area contributed by atoms with E-state index < -0.39 is 35.8 Å². The predicted octanol–water partition coefficient (Wildman–Crippen LogP) is -2.76. The van der Waals surface area contributed by atoms with Crippen molar-refractivity contribution in [2.45, 2.75) is 0 Å². The van der Waals surface area contributed by atoms with Crippen LogP contribution in [-0.4, -0.2) is 35.8 Å². The van der Waals surface area contributed by atoms with Crippen molar-refractivity contribution in [2.24, 2.45) is 17.7 Å². The Morgan fingerprint density at radius 2 is 0.600 bits per heavy atom. The van der Waals surface area contributed by atoms with Crippen LogP contribution in [0.15, 0.2) is 72.8 Å². The fourth-order valence-corrected chi connectivity index (χ4v) is 2.71. The van der Waals surface area contributed by atoms with Gasteiger partial charge in [-0.1, -0.05) is 54.6 Å². The fraction of sp³-hybridized carbons (Fsp3) is 0. The third-order valence-corrected chi connectivity index (χ3v) is 4.42. The molecular formula is C24H18N3O12Ru. The number of aromatic carboxylic acids is 3. The molecule has 3 aromatic carbocycles. The summed E-state index contributed by atoms with van der Waals surface area (Å²) >= 11 is 0. The van der Waals surface area contributed by atoms with E-state index in [-0.39, 0.29) is 52.9 Å². The molecule has 15 nitrogen and oxygen atoms in total. The van der Waals surface area contributed by atoms with Gasteiger partial charge in [0, 0.05) is 16.7 Å². The number of hydrogen-bond donors (Lipinski definition) is 3. The van der Waals surface area contributed by atoms with Gasteiger partial charge in [-0.3, -0.25) is 0 Å². The van der Waals surface area contributed by atoms with Crippen LogP contribution >= 0.6 is 0 Å². The summed E-state index contributed by atoms with van der Waals surface area (Å²) in [6.07, 6.45) is 0. The zero-order chi connectivity index (χ0) is 29.5. The summed E-state index contributed by atoms with van der Waals surface area (Å²) in [5.41, 5.74) is -1.08. The summed E-state index contributed by atoms with van der Waals surface area (Å²) in [4.78, 5) is 75.8. The van der Waals surface area contributed by atoms with Gasteiger partial charge in [0.15, 0.2) is 0 Å². The molecular weight excluding hydrogens is 623 g/mol. The number of benzene rings is 3. The molecule has 0 bridgehead atoms. The van der Waals surface area contributed by atoms with Gasteiger partial charge >= 0.3 is 37.4 Å². The maximum Gasteiger partial charge on any atom is 3.00 e. The summed E-state index contributed by atoms with van der Waals surface area (Å²) in [5.74, 6) is 6.79. The van der Waals surface area contributed by atoms with Crippen LogP contribution < -0.4 is 33.0 Å². The predicted molar refractivity (Wildman–Crippen MR) is 121 cm³/mol. The molecule has 0 saturated heterocycles. The van der Waals surface area contributed by atoms with Crippen molar-refractivity contribution >= 4 is 35.8 Å². The number of nitrogens with two attached hydrogens (primary N) is 3. The molecule has 209 valence electrons. The first-order chi connectivity index (χ1) is 18.5. The summed E-state index contributed by atoms with van der Waals surface area (Å²) < 4.78 is 0. The fourth-order valence-electron chi connectivity index (χ4n) is 2.71. The van der Waals surface area contributed by atoms with Gasteiger partial charge in [-0.05, 0) is 18.2 Å². The molecule has 0 aliphatic rings. The summed E-state index contributed by atoms with van der Waals surface area (Å²) in [5, 5.41) is 31.4. The Labute approximate surface area is 237 Å². The van der Waals surface area contributed by atoms with Gasteiger partial charge in [-0.25, -0.2) is 14.4 Å². The topological polar surface area (TPSA) is 277 Å². The normalized spacial score (nSPS) is 9.07. The van der Waals surface area contributed by atoms with Crippen LogP contribution in [0.25, 0.3) is 0 Å². The summed E-state index contributed by atoms with van der Waals surface area (Å²) in [6, 6.07) is 16.5. The molecule has 0 aliphatic carbocycles. The van der Waals surface area contributed by atoms with E-state index in [1.165, 1.54) is 72.8 Å². The molecule has 40 heavy (non-hydrogen) atoms. The van der Waals surface area contributed by atoms with Gasteiger partial charge in [-0.2, -0.15) is 17.7 Å². The van der Waals surface area contributed by atoms with E-state index in [0.29, 0.717) is 0 Å². The summed E-state index contributed by atoms with van der Waals surface area (Å²) in [7, 11) is 0. The van der Waals surface area contributed by atoms with Crippen molar-refractivity contribution in [3.05, 3.63) is 106 Å². The largest absolute Gasteiger partial charge is 3.00 e. The van der Waals surface area contributed by atoms with E-state index in [2.05, 4.69) is 32.2 Å². The third-order valence-electron chi connectivity index (χ3n) is 4.42. The van der Waals surface area contributed by atoms with Gasteiger partial charge in [0.2, 0.25) is 0 Å². The van der Waals surface area contributed by atoms with Gasteiger partial charge in [-0.15, -0.1) is 0 Å². The Bertz CT molecular complexity index is 1220.